The third kappa shape index (κ3) is 2.15. The van der Waals surface area contributed by atoms with E-state index in [9.17, 15) is 0 Å². The van der Waals surface area contributed by atoms with Crippen LogP contribution in [-0.2, 0) is 0 Å². The van der Waals surface area contributed by atoms with Gasteiger partial charge in [0.15, 0.2) is 0 Å². The number of hydrogen-bond donors (Lipinski definition) is 1. The molecule has 0 aliphatic carbocycles. The molecule has 16 heavy (non-hydrogen) atoms. The quantitative estimate of drug-likeness (QED) is 0.801. The van der Waals surface area contributed by atoms with E-state index in [1.54, 1.807) is 12.3 Å². The zero-order chi connectivity index (χ0) is 11.4. The first-order valence-corrected chi connectivity index (χ1v) is 5.50. The summed E-state index contributed by atoms with van der Waals surface area (Å²) in [6, 6.07) is 13.2. The standard InChI is InChI=1S/C12H9N3S/c13-8-9-4-3-5-10(12(9)14)16-11-6-1-2-7-15-11/h1-7H,14H2. The highest BCUT2D eigenvalue weighted by Gasteiger charge is 2.06. The van der Waals surface area contributed by atoms with Crippen molar-refractivity contribution in [1.82, 2.24) is 4.98 Å². The topological polar surface area (TPSA) is 62.7 Å². The molecule has 0 bridgehead atoms. The number of benzene rings is 1. The van der Waals surface area contributed by atoms with Gasteiger partial charge in [-0.25, -0.2) is 4.98 Å². The van der Waals surface area contributed by atoms with Crippen molar-refractivity contribution in [3.05, 3.63) is 48.2 Å². The van der Waals surface area contributed by atoms with Crippen LogP contribution in [0.3, 0.4) is 0 Å². The first-order valence-electron chi connectivity index (χ1n) is 4.69. The van der Waals surface area contributed by atoms with Gasteiger partial charge in [-0.1, -0.05) is 23.9 Å². The summed E-state index contributed by atoms with van der Waals surface area (Å²) in [6.45, 7) is 0. The molecule has 4 heteroatoms. The molecule has 3 nitrogen and oxygen atoms in total. The first-order chi connectivity index (χ1) is 7.81. The van der Waals surface area contributed by atoms with Gasteiger partial charge in [0.1, 0.15) is 11.1 Å². The summed E-state index contributed by atoms with van der Waals surface area (Å²) in [4.78, 5) is 5.05. The van der Waals surface area contributed by atoms with E-state index >= 15 is 0 Å². The number of rotatable bonds is 2. The van der Waals surface area contributed by atoms with Gasteiger partial charge in [0.05, 0.1) is 11.3 Å². The van der Waals surface area contributed by atoms with Gasteiger partial charge in [-0.3, -0.25) is 0 Å². The molecular weight excluding hydrogens is 218 g/mol. The van der Waals surface area contributed by atoms with Crippen molar-refractivity contribution in [3.8, 4) is 6.07 Å². The van der Waals surface area contributed by atoms with Gasteiger partial charge in [-0.2, -0.15) is 5.26 Å². The molecule has 0 unspecified atom stereocenters. The predicted molar refractivity (Wildman–Crippen MR) is 63.9 cm³/mol. The van der Waals surface area contributed by atoms with Crippen molar-refractivity contribution in [2.75, 3.05) is 5.73 Å². The van der Waals surface area contributed by atoms with Crippen LogP contribution in [0.15, 0.2) is 52.5 Å². The summed E-state index contributed by atoms with van der Waals surface area (Å²) in [5.41, 5.74) is 6.89. The number of nitrogens with two attached hydrogens (primary N) is 1. The Morgan fingerprint density at radius 3 is 2.75 bits per heavy atom. The molecule has 0 saturated carbocycles. The lowest BCUT2D eigenvalue weighted by Crippen LogP contribution is -1.92. The van der Waals surface area contributed by atoms with Gasteiger partial charge in [0.25, 0.3) is 0 Å². The number of nitrogens with zero attached hydrogens (tertiary/aromatic N) is 2. The number of hydrogen-bond acceptors (Lipinski definition) is 4. The number of para-hydroxylation sites is 1. The maximum absolute atomic E-state index is 8.85. The second-order valence-electron chi connectivity index (χ2n) is 3.10. The zero-order valence-electron chi connectivity index (χ0n) is 8.42. The second-order valence-corrected chi connectivity index (χ2v) is 4.16. The molecule has 0 aliphatic rings. The summed E-state index contributed by atoms with van der Waals surface area (Å²) >= 11 is 1.46. The van der Waals surface area contributed by atoms with Crippen LogP contribution >= 0.6 is 11.8 Å². The maximum Gasteiger partial charge on any atom is 0.101 e. The Morgan fingerprint density at radius 1 is 1.19 bits per heavy atom. The van der Waals surface area contributed by atoms with Gasteiger partial charge < -0.3 is 5.73 Å². The number of pyridine rings is 1. The Balaban J connectivity index is 2.33. The summed E-state index contributed by atoms with van der Waals surface area (Å²) in [7, 11) is 0. The summed E-state index contributed by atoms with van der Waals surface area (Å²) < 4.78 is 0. The van der Waals surface area contributed by atoms with E-state index in [4.69, 9.17) is 11.0 Å². The number of nitrogen functional groups attached to an aromatic ring is 1. The van der Waals surface area contributed by atoms with Crippen LogP contribution in [0.4, 0.5) is 5.69 Å². The molecule has 78 valence electrons. The molecule has 2 N–H and O–H groups in total. The van der Waals surface area contributed by atoms with Crippen LogP contribution in [0.2, 0.25) is 0 Å². The summed E-state index contributed by atoms with van der Waals surface area (Å²) in [5.74, 6) is 0. The average molecular weight is 227 g/mol. The van der Waals surface area contributed by atoms with Crippen LogP contribution in [0.1, 0.15) is 5.56 Å². The van der Waals surface area contributed by atoms with E-state index in [1.165, 1.54) is 11.8 Å². The molecule has 1 aromatic heterocycles. The Bertz CT molecular complexity index is 532. The van der Waals surface area contributed by atoms with Crippen LogP contribution in [0.5, 0.6) is 0 Å². The van der Waals surface area contributed by atoms with E-state index in [1.807, 2.05) is 30.3 Å². The monoisotopic (exact) mass is 227 g/mol. The minimum absolute atomic E-state index is 0.501. The van der Waals surface area contributed by atoms with Gasteiger partial charge in [0.2, 0.25) is 0 Å². The highest BCUT2D eigenvalue weighted by atomic mass is 32.2. The highest BCUT2D eigenvalue weighted by Crippen LogP contribution is 2.32. The zero-order valence-corrected chi connectivity index (χ0v) is 9.24. The van der Waals surface area contributed by atoms with Crippen molar-refractivity contribution in [2.45, 2.75) is 9.92 Å². The molecule has 0 aliphatic heterocycles. The SMILES string of the molecule is N#Cc1cccc(Sc2ccccn2)c1N. The Labute approximate surface area is 97.9 Å². The van der Waals surface area contributed by atoms with E-state index in [0.29, 0.717) is 11.3 Å². The lowest BCUT2D eigenvalue weighted by molar-refractivity contribution is 1.13. The van der Waals surface area contributed by atoms with E-state index in [0.717, 1.165) is 9.92 Å². The van der Waals surface area contributed by atoms with Crippen molar-refractivity contribution >= 4 is 17.4 Å². The van der Waals surface area contributed by atoms with Crippen LogP contribution in [0, 0.1) is 11.3 Å². The van der Waals surface area contributed by atoms with Gasteiger partial charge in [0, 0.05) is 11.1 Å². The van der Waals surface area contributed by atoms with Gasteiger partial charge in [-0.15, -0.1) is 0 Å². The highest BCUT2D eigenvalue weighted by molar-refractivity contribution is 7.99. The Morgan fingerprint density at radius 2 is 2.06 bits per heavy atom. The van der Waals surface area contributed by atoms with E-state index in [2.05, 4.69) is 11.1 Å². The maximum atomic E-state index is 8.85. The number of nitriles is 1. The molecule has 2 aromatic rings. The smallest absolute Gasteiger partial charge is 0.101 e. The molecule has 0 amide bonds. The molecule has 0 radical (unpaired) electrons. The molecular formula is C12H9N3S. The number of aromatic nitrogens is 1. The van der Waals surface area contributed by atoms with Crippen molar-refractivity contribution in [3.63, 3.8) is 0 Å². The molecule has 0 saturated heterocycles. The Kier molecular flexibility index (Phi) is 3.08. The van der Waals surface area contributed by atoms with E-state index in [-0.39, 0.29) is 0 Å². The molecule has 0 fully saturated rings. The third-order valence-electron chi connectivity index (χ3n) is 2.04. The second kappa shape index (κ2) is 4.69. The molecule has 1 aromatic carbocycles. The minimum Gasteiger partial charge on any atom is -0.397 e. The molecule has 2 rings (SSSR count). The lowest BCUT2D eigenvalue weighted by atomic mass is 10.2. The fraction of sp³-hybridized carbons (Fsp3) is 0. The Hall–Kier alpha value is -1.99. The fourth-order valence-corrected chi connectivity index (χ4v) is 2.10. The van der Waals surface area contributed by atoms with Crippen LogP contribution in [0.25, 0.3) is 0 Å². The van der Waals surface area contributed by atoms with Crippen molar-refractivity contribution < 1.29 is 0 Å². The van der Waals surface area contributed by atoms with Crippen molar-refractivity contribution in [2.24, 2.45) is 0 Å². The van der Waals surface area contributed by atoms with Gasteiger partial charge in [-0.05, 0) is 24.3 Å². The van der Waals surface area contributed by atoms with Crippen molar-refractivity contribution in [1.29, 1.82) is 5.26 Å². The number of anilines is 1. The molecule has 1 heterocycles. The minimum atomic E-state index is 0.501. The van der Waals surface area contributed by atoms with E-state index < -0.39 is 0 Å². The lowest BCUT2D eigenvalue weighted by Gasteiger charge is -2.05. The largest absolute Gasteiger partial charge is 0.397 e. The summed E-state index contributed by atoms with van der Waals surface area (Å²) in [6.07, 6.45) is 1.73. The average Bonchev–Trinajstić information content (AvgIpc) is 2.33. The first kappa shape index (κ1) is 10.5. The molecule has 0 spiro atoms. The third-order valence-corrected chi connectivity index (χ3v) is 3.07. The molecule has 0 atom stereocenters. The van der Waals surface area contributed by atoms with Crippen LogP contribution < -0.4 is 5.73 Å². The van der Waals surface area contributed by atoms with Crippen LogP contribution in [-0.4, -0.2) is 4.98 Å². The summed E-state index contributed by atoms with van der Waals surface area (Å²) in [5, 5.41) is 9.72. The predicted octanol–water partition coefficient (Wildman–Crippen LogP) is 2.69. The fourth-order valence-electron chi connectivity index (χ4n) is 1.25. The normalized spacial score (nSPS) is 9.69. The van der Waals surface area contributed by atoms with Gasteiger partial charge >= 0.3 is 0 Å².